The summed E-state index contributed by atoms with van der Waals surface area (Å²) in [6.07, 6.45) is 6.94. The van der Waals surface area contributed by atoms with Gasteiger partial charge >= 0.3 is 0 Å². The van der Waals surface area contributed by atoms with Crippen molar-refractivity contribution in [3.8, 4) is 0 Å². The number of likely N-dealkylation sites (tertiary alicyclic amines) is 1. The lowest BCUT2D eigenvalue weighted by atomic mass is 9.97. The molecule has 0 unspecified atom stereocenters. The smallest absolute Gasteiger partial charge is 0.258 e. The first-order chi connectivity index (χ1) is 14.3. The molecule has 2 fully saturated rings. The molecule has 1 amide bonds. The molecular formula is C22H29N5O2. The van der Waals surface area contributed by atoms with Crippen molar-refractivity contribution in [3.63, 3.8) is 0 Å². The molecule has 3 aliphatic heterocycles. The number of piperidine rings is 1. The number of benzene rings is 1. The maximum Gasteiger partial charge on any atom is 0.258 e. The van der Waals surface area contributed by atoms with Crippen LogP contribution >= 0.6 is 0 Å². The second-order valence-corrected chi connectivity index (χ2v) is 8.31. The van der Waals surface area contributed by atoms with Gasteiger partial charge in [0.2, 0.25) is 0 Å². The molecular weight excluding hydrogens is 366 g/mol. The van der Waals surface area contributed by atoms with Gasteiger partial charge in [0.25, 0.3) is 5.91 Å². The van der Waals surface area contributed by atoms with Crippen LogP contribution in [-0.2, 0) is 11.3 Å². The zero-order chi connectivity index (χ0) is 19.6. The molecule has 4 heterocycles. The summed E-state index contributed by atoms with van der Waals surface area (Å²) in [5, 5.41) is 11.4. The van der Waals surface area contributed by atoms with Crippen molar-refractivity contribution in [1.29, 1.82) is 0 Å². The van der Waals surface area contributed by atoms with Gasteiger partial charge in [-0.1, -0.05) is 36.8 Å². The molecule has 0 bridgehead atoms. The molecule has 0 spiro atoms. The van der Waals surface area contributed by atoms with Gasteiger partial charge in [0.05, 0.1) is 12.2 Å². The SMILES string of the molecule is O=C1N[C@@H]([C@H]2CCCCN2Cc2ccccc2)Nc2c1cnn2C1CCOCC1. The van der Waals surface area contributed by atoms with E-state index in [-0.39, 0.29) is 18.1 Å². The first-order valence-corrected chi connectivity index (χ1v) is 10.8. The Morgan fingerprint density at radius 2 is 1.90 bits per heavy atom. The van der Waals surface area contributed by atoms with E-state index in [4.69, 9.17) is 4.74 Å². The largest absolute Gasteiger partial charge is 0.381 e. The lowest BCUT2D eigenvalue weighted by Crippen LogP contribution is -2.59. The van der Waals surface area contributed by atoms with Gasteiger partial charge in [-0.25, -0.2) is 4.68 Å². The van der Waals surface area contributed by atoms with Crippen LogP contribution in [0.1, 0.15) is 54.1 Å². The molecule has 154 valence electrons. The van der Waals surface area contributed by atoms with E-state index in [9.17, 15) is 4.79 Å². The van der Waals surface area contributed by atoms with Crippen molar-refractivity contribution in [3.05, 3.63) is 47.7 Å². The highest BCUT2D eigenvalue weighted by molar-refractivity contribution is 6.00. The third-order valence-electron chi connectivity index (χ3n) is 6.43. The summed E-state index contributed by atoms with van der Waals surface area (Å²) >= 11 is 0. The second kappa shape index (κ2) is 8.16. The van der Waals surface area contributed by atoms with E-state index < -0.39 is 0 Å². The Morgan fingerprint density at radius 1 is 1.07 bits per heavy atom. The molecule has 0 saturated carbocycles. The molecule has 29 heavy (non-hydrogen) atoms. The van der Waals surface area contributed by atoms with Crippen molar-refractivity contribution in [1.82, 2.24) is 20.0 Å². The number of anilines is 1. The summed E-state index contributed by atoms with van der Waals surface area (Å²) in [7, 11) is 0. The maximum atomic E-state index is 12.9. The van der Waals surface area contributed by atoms with Crippen LogP contribution in [0.2, 0.25) is 0 Å². The lowest BCUT2D eigenvalue weighted by molar-refractivity contribution is 0.0662. The predicted octanol–water partition coefficient (Wildman–Crippen LogP) is 2.77. The van der Waals surface area contributed by atoms with Gasteiger partial charge in [0.1, 0.15) is 17.5 Å². The van der Waals surface area contributed by atoms with Gasteiger partial charge in [-0.05, 0) is 37.8 Å². The van der Waals surface area contributed by atoms with Crippen LogP contribution in [-0.4, -0.2) is 52.6 Å². The van der Waals surface area contributed by atoms with E-state index >= 15 is 0 Å². The highest BCUT2D eigenvalue weighted by Gasteiger charge is 2.37. The second-order valence-electron chi connectivity index (χ2n) is 8.31. The van der Waals surface area contributed by atoms with Crippen molar-refractivity contribution in [2.24, 2.45) is 0 Å². The molecule has 2 aromatic rings. The average Bonchev–Trinajstić information content (AvgIpc) is 3.20. The fourth-order valence-electron chi connectivity index (χ4n) is 4.88. The number of nitrogens with zero attached hydrogens (tertiary/aromatic N) is 3. The molecule has 7 nitrogen and oxygen atoms in total. The number of aromatic nitrogens is 2. The molecule has 1 aromatic carbocycles. The van der Waals surface area contributed by atoms with E-state index in [0.717, 1.165) is 51.4 Å². The monoisotopic (exact) mass is 395 g/mol. The lowest BCUT2D eigenvalue weighted by Gasteiger charge is -2.42. The molecule has 5 rings (SSSR count). The van der Waals surface area contributed by atoms with E-state index in [2.05, 4.69) is 51.0 Å². The van der Waals surface area contributed by atoms with Crippen LogP contribution < -0.4 is 10.6 Å². The van der Waals surface area contributed by atoms with Crippen molar-refractivity contribution in [2.45, 2.75) is 56.9 Å². The van der Waals surface area contributed by atoms with Gasteiger partial charge in [0, 0.05) is 25.8 Å². The zero-order valence-electron chi connectivity index (χ0n) is 16.7. The van der Waals surface area contributed by atoms with Gasteiger partial charge in [0.15, 0.2) is 0 Å². The van der Waals surface area contributed by atoms with E-state index in [1.165, 1.54) is 18.4 Å². The summed E-state index contributed by atoms with van der Waals surface area (Å²) in [5.74, 6) is 0.850. The molecule has 0 radical (unpaired) electrons. The molecule has 2 saturated heterocycles. The zero-order valence-corrected chi connectivity index (χ0v) is 16.7. The molecule has 0 aliphatic carbocycles. The normalized spacial score (nSPS) is 25.9. The summed E-state index contributed by atoms with van der Waals surface area (Å²) in [4.78, 5) is 15.4. The Morgan fingerprint density at radius 3 is 2.72 bits per heavy atom. The van der Waals surface area contributed by atoms with Crippen molar-refractivity contribution < 1.29 is 9.53 Å². The topological polar surface area (TPSA) is 71.4 Å². The number of nitrogens with one attached hydrogen (secondary N) is 2. The fourth-order valence-corrected chi connectivity index (χ4v) is 4.88. The van der Waals surface area contributed by atoms with Crippen molar-refractivity contribution >= 4 is 11.7 Å². The summed E-state index contributed by atoms with van der Waals surface area (Å²) in [6.45, 7) is 3.47. The highest BCUT2D eigenvalue weighted by atomic mass is 16.5. The molecule has 7 heteroatoms. The van der Waals surface area contributed by atoms with Gasteiger partial charge in [-0.2, -0.15) is 5.10 Å². The van der Waals surface area contributed by atoms with E-state index in [1.807, 2.05) is 4.68 Å². The minimum Gasteiger partial charge on any atom is -0.381 e. The third-order valence-corrected chi connectivity index (χ3v) is 6.43. The van der Waals surface area contributed by atoms with Crippen LogP contribution in [0.4, 0.5) is 5.82 Å². The van der Waals surface area contributed by atoms with Crippen LogP contribution in [0.15, 0.2) is 36.5 Å². The van der Waals surface area contributed by atoms with Crippen molar-refractivity contribution in [2.75, 3.05) is 25.1 Å². The quantitative estimate of drug-likeness (QED) is 0.833. The molecule has 2 N–H and O–H groups in total. The Hall–Kier alpha value is -2.38. The summed E-state index contributed by atoms with van der Waals surface area (Å²) < 4.78 is 7.52. The summed E-state index contributed by atoms with van der Waals surface area (Å²) in [5.41, 5.74) is 1.97. The van der Waals surface area contributed by atoms with Gasteiger partial charge < -0.3 is 15.4 Å². The van der Waals surface area contributed by atoms with Crippen LogP contribution in [0, 0.1) is 0 Å². The number of carbonyl (C=O) groups excluding carboxylic acids is 1. The first-order valence-electron chi connectivity index (χ1n) is 10.8. The number of ether oxygens (including phenoxy) is 1. The van der Waals surface area contributed by atoms with E-state index in [0.29, 0.717) is 11.6 Å². The summed E-state index contributed by atoms with van der Waals surface area (Å²) in [6, 6.07) is 11.1. The maximum absolute atomic E-state index is 12.9. The standard InChI is InChI=1S/C22H29N5O2/c28-22-18-14-23-27(17-9-12-29-13-10-17)21(18)24-20(25-22)19-8-4-5-11-26(19)15-16-6-2-1-3-7-16/h1-3,6-7,14,17,19-20,24H,4-5,8-13,15H2,(H,25,28)/t19-,20+/m1/s1. The van der Waals surface area contributed by atoms with E-state index in [1.54, 1.807) is 6.20 Å². The van der Waals surface area contributed by atoms with Gasteiger partial charge in [-0.3, -0.25) is 9.69 Å². The third kappa shape index (κ3) is 3.76. The number of rotatable bonds is 4. The fraction of sp³-hybridized carbons (Fsp3) is 0.545. The number of hydrogen-bond acceptors (Lipinski definition) is 5. The predicted molar refractivity (Wildman–Crippen MR) is 111 cm³/mol. The molecule has 3 aliphatic rings. The number of carbonyl (C=O) groups is 1. The Bertz CT molecular complexity index is 846. The minimum atomic E-state index is -0.102. The average molecular weight is 396 g/mol. The Balaban J connectivity index is 1.37. The number of fused-ring (bicyclic) bond motifs is 1. The van der Waals surface area contributed by atoms with Gasteiger partial charge in [-0.15, -0.1) is 0 Å². The van der Waals surface area contributed by atoms with Crippen LogP contribution in [0.3, 0.4) is 0 Å². The minimum absolute atomic E-state index is 0.0210. The molecule has 1 aromatic heterocycles. The van der Waals surface area contributed by atoms with Crippen LogP contribution in [0.5, 0.6) is 0 Å². The Kier molecular flexibility index (Phi) is 5.24. The number of hydrogen-bond donors (Lipinski definition) is 2. The first kappa shape index (κ1) is 18.6. The number of amides is 1. The Labute approximate surface area is 171 Å². The van der Waals surface area contributed by atoms with Crippen LogP contribution in [0.25, 0.3) is 0 Å². The highest BCUT2D eigenvalue weighted by Crippen LogP contribution is 2.31. The molecule has 2 atom stereocenters.